The minimum Gasteiger partial charge on any atom is -0.465 e. The van der Waals surface area contributed by atoms with Gasteiger partial charge in [0.1, 0.15) is 0 Å². The van der Waals surface area contributed by atoms with Gasteiger partial charge < -0.3 is 24.0 Å². The van der Waals surface area contributed by atoms with Crippen molar-refractivity contribution in [2.75, 3.05) is 32.8 Å². The lowest BCUT2D eigenvalue weighted by atomic mass is 9.94. The highest BCUT2D eigenvalue weighted by atomic mass is 16.5. The van der Waals surface area contributed by atoms with E-state index in [-0.39, 0.29) is 23.8 Å². The molecular weight excluding hydrogens is 723 g/mol. The smallest absolute Gasteiger partial charge is 0.308 e. The zero-order valence-corrected chi connectivity index (χ0v) is 38.8. The van der Waals surface area contributed by atoms with Gasteiger partial charge >= 0.3 is 11.9 Å². The number of carbonyl (C=O) groups is 2. The summed E-state index contributed by atoms with van der Waals surface area (Å²) in [4.78, 5) is 32.7. The maximum absolute atomic E-state index is 13.1. The second kappa shape index (κ2) is 40.5. The molecule has 1 N–H and O–H groups in total. The van der Waals surface area contributed by atoms with Crippen molar-refractivity contribution in [3.05, 3.63) is 18.7 Å². The van der Waals surface area contributed by atoms with Crippen LogP contribution in [-0.4, -0.2) is 70.4 Å². The van der Waals surface area contributed by atoms with Crippen LogP contribution in [-0.2, 0) is 25.6 Å². The van der Waals surface area contributed by atoms with Crippen molar-refractivity contribution in [2.24, 2.45) is 11.8 Å². The average molecular weight is 818 g/mol. The van der Waals surface area contributed by atoms with E-state index in [1.54, 1.807) is 0 Å². The van der Waals surface area contributed by atoms with E-state index in [0.717, 1.165) is 122 Å². The molecule has 0 bridgehead atoms. The molecule has 340 valence electrons. The summed E-state index contributed by atoms with van der Waals surface area (Å²) in [5.74, 6) is 0.138. The number of aliphatic hydroxyl groups excluding tert-OH is 1. The first-order chi connectivity index (χ1) is 28.4. The summed E-state index contributed by atoms with van der Waals surface area (Å²) in [6.45, 7) is 13.4. The van der Waals surface area contributed by atoms with Crippen LogP contribution in [0.25, 0.3) is 0 Å². The lowest BCUT2D eigenvalue weighted by Gasteiger charge is -2.25. The van der Waals surface area contributed by atoms with E-state index in [4.69, 9.17) is 9.47 Å². The number of aryl methyl sites for hydroxylation is 1. The van der Waals surface area contributed by atoms with Crippen LogP contribution < -0.4 is 0 Å². The third kappa shape index (κ3) is 31.9. The van der Waals surface area contributed by atoms with E-state index in [2.05, 4.69) is 42.1 Å². The number of unbranched alkanes of at least 4 members (excludes halogenated alkanes) is 20. The number of aromatic nitrogens is 2. The Morgan fingerprint density at radius 2 is 0.931 bits per heavy atom. The number of imidazole rings is 1. The standard InChI is InChI=1S/C50H95N3O5/c1-5-9-13-17-19-25-34-46(32-23-15-11-7-3)49(55)57-42-29-22-21-28-38-52(39-31-40-53-41-37-51-45-53)44-48(54)36-27-30-43-58-50(56)47(33-24-16-12-8-4)35-26-20-18-14-10-6-2/h37,41,45-48,54H,5-36,38-40,42-44H2,1-4H3/t46?,47?,48-/m1/s1. The number of esters is 2. The van der Waals surface area contributed by atoms with Crippen LogP contribution in [0, 0.1) is 11.8 Å². The molecule has 1 heterocycles. The first-order valence-corrected chi connectivity index (χ1v) is 25.1. The molecule has 1 aromatic heterocycles. The van der Waals surface area contributed by atoms with Crippen molar-refractivity contribution in [3.63, 3.8) is 0 Å². The van der Waals surface area contributed by atoms with Gasteiger partial charge in [0.15, 0.2) is 0 Å². The molecule has 1 aromatic rings. The molecule has 0 amide bonds. The van der Waals surface area contributed by atoms with Crippen LogP contribution in [0.15, 0.2) is 18.7 Å². The van der Waals surface area contributed by atoms with Crippen LogP contribution in [0.1, 0.15) is 233 Å². The van der Waals surface area contributed by atoms with Gasteiger partial charge in [0.25, 0.3) is 0 Å². The van der Waals surface area contributed by atoms with Gasteiger partial charge in [-0.2, -0.15) is 0 Å². The zero-order chi connectivity index (χ0) is 42.2. The number of hydrogen-bond acceptors (Lipinski definition) is 7. The van der Waals surface area contributed by atoms with E-state index in [9.17, 15) is 14.7 Å². The van der Waals surface area contributed by atoms with Crippen LogP contribution in [0.4, 0.5) is 0 Å². The Labute approximate surface area is 358 Å². The van der Waals surface area contributed by atoms with E-state index in [0.29, 0.717) is 19.8 Å². The lowest BCUT2D eigenvalue weighted by molar-refractivity contribution is -0.150. The normalized spacial score (nSPS) is 13.2. The van der Waals surface area contributed by atoms with Gasteiger partial charge in [0, 0.05) is 25.5 Å². The van der Waals surface area contributed by atoms with Crippen LogP contribution in [0.2, 0.25) is 0 Å². The van der Waals surface area contributed by atoms with E-state index < -0.39 is 6.10 Å². The predicted molar refractivity (Wildman–Crippen MR) is 244 cm³/mol. The molecule has 0 saturated heterocycles. The molecule has 58 heavy (non-hydrogen) atoms. The highest BCUT2D eigenvalue weighted by molar-refractivity contribution is 5.72. The highest BCUT2D eigenvalue weighted by Gasteiger charge is 2.21. The fraction of sp³-hybridized carbons (Fsp3) is 0.900. The van der Waals surface area contributed by atoms with E-state index in [1.165, 1.54) is 103 Å². The fourth-order valence-electron chi connectivity index (χ4n) is 8.17. The summed E-state index contributed by atoms with van der Waals surface area (Å²) in [6.07, 6.45) is 41.3. The molecule has 8 heteroatoms. The summed E-state index contributed by atoms with van der Waals surface area (Å²) in [5, 5.41) is 11.1. The second-order valence-corrected chi connectivity index (χ2v) is 17.6. The molecule has 1 rings (SSSR count). The Bertz CT molecular complexity index is 1020. The summed E-state index contributed by atoms with van der Waals surface area (Å²) in [7, 11) is 0. The molecule has 2 unspecified atom stereocenters. The van der Waals surface area contributed by atoms with Crippen molar-refractivity contribution in [1.82, 2.24) is 14.5 Å². The number of ether oxygens (including phenoxy) is 2. The molecule has 0 aliphatic heterocycles. The molecule has 0 saturated carbocycles. The van der Waals surface area contributed by atoms with Crippen molar-refractivity contribution in [3.8, 4) is 0 Å². The zero-order valence-electron chi connectivity index (χ0n) is 38.8. The highest BCUT2D eigenvalue weighted by Crippen LogP contribution is 2.22. The molecular formula is C50H95N3O5. The number of carbonyl (C=O) groups excluding carboxylic acids is 2. The van der Waals surface area contributed by atoms with Gasteiger partial charge in [0.05, 0.1) is 37.5 Å². The Hall–Kier alpha value is -1.93. The number of rotatable bonds is 44. The maximum Gasteiger partial charge on any atom is 0.308 e. The Kier molecular flexibility index (Phi) is 37.7. The molecule has 0 aliphatic carbocycles. The van der Waals surface area contributed by atoms with Crippen LogP contribution >= 0.6 is 0 Å². The van der Waals surface area contributed by atoms with Gasteiger partial charge in [-0.15, -0.1) is 0 Å². The van der Waals surface area contributed by atoms with Crippen LogP contribution in [0.5, 0.6) is 0 Å². The maximum atomic E-state index is 13.1. The van der Waals surface area contributed by atoms with E-state index in [1.807, 2.05) is 18.7 Å². The third-order valence-corrected chi connectivity index (χ3v) is 12.0. The van der Waals surface area contributed by atoms with Gasteiger partial charge in [-0.25, -0.2) is 4.98 Å². The molecule has 3 atom stereocenters. The van der Waals surface area contributed by atoms with Crippen molar-refractivity contribution in [2.45, 2.75) is 246 Å². The lowest BCUT2D eigenvalue weighted by Crippen LogP contribution is -2.34. The topological polar surface area (TPSA) is 93.9 Å². The van der Waals surface area contributed by atoms with Gasteiger partial charge in [-0.1, -0.05) is 169 Å². The quantitative estimate of drug-likeness (QED) is 0.0518. The minimum atomic E-state index is -0.395. The molecule has 0 fully saturated rings. The number of hydrogen-bond donors (Lipinski definition) is 1. The van der Waals surface area contributed by atoms with Gasteiger partial charge in [-0.05, 0) is 77.3 Å². The monoisotopic (exact) mass is 818 g/mol. The number of aliphatic hydroxyl groups is 1. The molecule has 0 spiro atoms. The predicted octanol–water partition coefficient (Wildman–Crippen LogP) is 13.4. The Morgan fingerprint density at radius 1 is 0.534 bits per heavy atom. The minimum absolute atomic E-state index is 0.00154. The van der Waals surface area contributed by atoms with Gasteiger partial charge in [-0.3, -0.25) is 9.59 Å². The summed E-state index contributed by atoms with van der Waals surface area (Å²) in [5.41, 5.74) is 0. The van der Waals surface area contributed by atoms with Crippen molar-refractivity contribution >= 4 is 11.9 Å². The average Bonchev–Trinajstić information content (AvgIpc) is 3.74. The summed E-state index contributed by atoms with van der Waals surface area (Å²) < 4.78 is 13.8. The third-order valence-electron chi connectivity index (χ3n) is 12.0. The fourth-order valence-corrected chi connectivity index (χ4v) is 8.17. The molecule has 8 nitrogen and oxygen atoms in total. The summed E-state index contributed by atoms with van der Waals surface area (Å²) >= 11 is 0. The van der Waals surface area contributed by atoms with Crippen molar-refractivity contribution < 1.29 is 24.2 Å². The molecule has 0 aliphatic rings. The SMILES string of the molecule is CCCCCCCCC(CCCCCC)C(=O)OCCCCCCN(CCCn1ccnc1)C[C@H](O)CCCCOC(=O)C(CCCCCC)CCCCCCCC. The second-order valence-electron chi connectivity index (χ2n) is 17.6. The van der Waals surface area contributed by atoms with Crippen molar-refractivity contribution in [1.29, 1.82) is 0 Å². The Morgan fingerprint density at radius 3 is 1.41 bits per heavy atom. The first kappa shape index (κ1) is 54.1. The van der Waals surface area contributed by atoms with E-state index >= 15 is 0 Å². The number of nitrogens with zero attached hydrogens (tertiary/aromatic N) is 3. The Balaban J connectivity index is 2.44. The summed E-state index contributed by atoms with van der Waals surface area (Å²) in [6, 6.07) is 0. The first-order valence-electron chi connectivity index (χ1n) is 25.1. The molecule has 0 radical (unpaired) electrons. The molecule has 0 aromatic carbocycles. The van der Waals surface area contributed by atoms with Crippen LogP contribution in [0.3, 0.4) is 0 Å². The largest absolute Gasteiger partial charge is 0.465 e. The van der Waals surface area contributed by atoms with Gasteiger partial charge in [0.2, 0.25) is 0 Å².